The lowest BCUT2D eigenvalue weighted by Crippen LogP contribution is -2.51. The summed E-state index contributed by atoms with van der Waals surface area (Å²) in [6.07, 6.45) is -0.579. The van der Waals surface area contributed by atoms with Crippen molar-refractivity contribution >= 4 is 34.2 Å². The number of carboxylic acid groups (broad SMARTS) is 1. The Morgan fingerprint density at radius 1 is 1.30 bits per heavy atom. The minimum absolute atomic E-state index is 0.0282. The lowest BCUT2D eigenvalue weighted by Gasteiger charge is -2.28. The van der Waals surface area contributed by atoms with Gasteiger partial charge >= 0.3 is 22.4 Å². The van der Waals surface area contributed by atoms with E-state index in [1.807, 2.05) is 5.32 Å². The molecular weight excluding hydrogens is 338 g/mol. The standard InChI is InChI=1S/C10H13N3O9S/c14-7(3-8(15)16)11-9(17)6-2-1-5-4-12(6)10(18)13(5)22-23(19,20)21/h5-6H,1-4H2,(H,15,16)(H,11,14,17)(H,19,20,21)/t5-,6+/m1/s1. The number of aliphatic carboxylic acids is 1. The number of hydrogen-bond acceptors (Lipinski definition) is 7. The third-order valence-electron chi connectivity index (χ3n) is 3.37. The second-order valence-electron chi connectivity index (χ2n) is 4.99. The molecule has 2 heterocycles. The van der Waals surface area contributed by atoms with Gasteiger partial charge in [0.1, 0.15) is 12.5 Å². The summed E-state index contributed by atoms with van der Waals surface area (Å²) >= 11 is 0. The van der Waals surface area contributed by atoms with Crippen LogP contribution in [-0.4, -0.2) is 70.5 Å². The Hall–Kier alpha value is -2.25. The summed E-state index contributed by atoms with van der Waals surface area (Å²) in [7, 11) is -4.89. The van der Waals surface area contributed by atoms with Crippen LogP contribution in [0.2, 0.25) is 0 Å². The zero-order valence-corrected chi connectivity index (χ0v) is 12.4. The first-order valence-corrected chi connectivity index (χ1v) is 7.77. The van der Waals surface area contributed by atoms with Crippen LogP contribution >= 0.6 is 0 Å². The second-order valence-corrected chi connectivity index (χ2v) is 6.00. The average molecular weight is 351 g/mol. The van der Waals surface area contributed by atoms with Gasteiger partial charge in [0.15, 0.2) is 0 Å². The van der Waals surface area contributed by atoms with Crippen molar-refractivity contribution in [2.75, 3.05) is 6.54 Å². The molecule has 0 unspecified atom stereocenters. The quantitative estimate of drug-likeness (QED) is 0.378. The summed E-state index contributed by atoms with van der Waals surface area (Å²) in [5, 5.41) is 10.8. The summed E-state index contributed by atoms with van der Waals surface area (Å²) < 4.78 is 34.3. The molecular formula is C10H13N3O9S. The van der Waals surface area contributed by atoms with Crippen molar-refractivity contribution in [1.29, 1.82) is 0 Å². The molecule has 2 aliphatic heterocycles. The van der Waals surface area contributed by atoms with E-state index < -0.39 is 52.7 Å². The first-order chi connectivity index (χ1) is 10.6. The largest absolute Gasteiger partial charge is 0.481 e. The number of piperidine rings is 1. The summed E-state index contributed by atoms with van der Waals surface area (Å²) in [5.41, 5.74) is 0. The van der Waals surface area contributed by atoms with Gasteiger partial charge in [-0.25, -0.2) is 4.79 Å². The Morgan fingerprint density at radius 3 is 2.52 bits per heavy atom. The minimum atomic E-state index is -4.89. The molecule has 3 N–H and O–H groups in total. The van der Waals surface area contributed by atoms with E-state index in [1.165, 1.54) is 0 Å². The summed E-state index contributed by atoms with van der Waals surface area (Å²) in [5.74, 6) is -3.30. The Morgan fingerprint density at radius 2 is 1.96 bits per heavy atom. The first kappa shape index (κ1) is 17.1. The zero-order chi connectivity index (χ0) is 17.4. The van der Waals surface area contributed by atoms with Gasteiger partial charge in [0.25, 0.3) is 0 Å². The molecule has 2 atom stereocenters. The van der Waals surface area contributed by atoms with Crippen LogP contribution in [0.4, 0.5) is 4.79 Å². The molecule has 2 bridgehead atoms. The number of fused-ring (bicyclic) bond motifs is 2. The lowest BCUT2D eigenvalue weighted by molar-refractivity contribution is -0.142. The van der Waals surface area contributed by atoms with Gasteiger partial charge in [0.2, 0.25) is 11.8 Å². The topological polar surface area (TPSA) is 171 Å². The van der Waals surface area contributed by atoms with Gasteiger partial charge in [0.05, 0.1) is 6.04 Å². The molecule has 12 nitrogen and oxygen atoms in total. The highest BCUT2D eigenvalue weighted by molar-refractivity contribution is 7.80. The number of carbonyl (C=O) groups excluding carboxylic acids is 3. The molecule has 128 valence electrons. The molecule has 0 aromatic carbocycles. The van der Waals surface area contributed by atoms with Crippen LogP contribution < -0.4 is 5.32 Å². The number of carboxylic acids is 1. The monoisotopic (exact) mass is 351 g/mol. The predicted molar refractivity (Wildman–Crippen MR) is 68.8 cm³/mol. The maximum Gasteiger partial charge on any atom is 0.418 e. The van der Waals surface area contributed by atoms with E-state index in [1.54, 1.807) is 0 Å². The Balaban J connectivity index is 2.05. The van der Waals surface area contributed by atoms with Crippen LogP contribution in [0.15, 0.2) is 0 Å². The summed E-state index contributed by atoms with van der Waals surface area (Å²) in [4.78, 5) is 46.7. The summed E-state index contributed by atoms with van der Waals surface area (Å²) in [6, 6.07) is -2.68. The van der Waals surface area contributed by atoms with E-state index >= 15 is 0 Å². The van der Waals surface area contributed by atoms with Gasteiger partial charge in [0, 0.05) is 6.54 Å². The Labute approximate surface area is 129 Å². The van der Waals surface area contributed by atoms with Crippen molar-refractivity contribution in [1.82, 2.24) is 15.3 Å². The maximum atomic E-state index is 12.0. The molecule has 4 amide bonds. The van der Waals surface area contributed by atoms with Gasteiger partial charge in [-0.1, -0.05) is 0 Å². The van der Waals surface area contributed by atoms with E-state index in [9.17, 15) is 27.6 Å². The number of amides is 4. The van der Waals surface area contributed by atoms with Gasteiger partial charge in [-0.15, -0.1) is 4.28 Å². The van der Waals surface area contributed by atoms with Gasteiger partial charge in [-0.05, 0) is 12.8 Å². The van der Waals surface area contributed by atoms with E-state index in [0.29, 0.717) is 5.06 Å². The third-order valence-corrected chi connectivity index (χ3v) is 3.72. The van der Waals surface area contributed by atoms with Crippen molar-refractivity contribution in [3.8, 4) is 0 Å². The molecule has 0 aliphatic carbocycles. The molecule has 2 fully saturated rings. The number of nitrogens with one attached hydrogen (secondary N) is 1. The highest BCUT2D eigenvalue weighted by atomic mass is 32.3. The normalized spacial score (nSPS) is 23.8. The van der Waals surface area contributed by atoms with Crippen molar-refractivity contribution in [2.24, 2.45) is 0 Å². The maximum absolute atomic E-state index is 12.0. The molecule has 2 saturated heterocycles. The number of imide groups is 1. The fourth-order valence-corrected chi connectivity index (χ4v) is 2.89. The van der Waals surface area contributed by atoms with Crippen LogP contribution in [-0.2, 0) is 29.1 Å². The van der Waals surface area contributed by atoms with E-state index in [0.717, 1.165) is 4.90 Å². The number of urea groups is 1. The fourth-order valence-electron chi connectivity index (χ4n) is 2.51. The smallest absolute Gasteiger partial charge is 0.418 e. The molecule has 0 saturated carbocycles. The van der Waals surface area contributed by atoms with Crippen LogP contribution in [0.25, 0.3) is 0 Å². The van der Waals surface area contributed by atoms with Crippen molar-refractivity contribution in [3.63, 3.8) is 0 Å². The molecule has 0 aromatic heterocycles. The zero-order valence-electron chi connectivity index (χ0n) is 11.5. The molecule has 0 aromatic rings. The van der Waals surface area contributed by atoms with Gasteiger partial charge < -0.3 is 10.0 Å². The number of nitrogens with zero attached hydrogens (tertiary/aromatic N) is 2. The average Bonchev–Trinajstić information content (AvgIpc) is 2.61. The fraction of sp³-hybridized carbons (Fsp3) is 0.600. The van der Waals surface area contributed by atoms with Crippen LogP contribution in [0.1, 0.15) is 19.3 Å². The molecule has 2 rings (SSSR count). The van der Waals surface area contributed by atoms with E-state index in [-0.39, 0.29) is 19.4 Å². The molecule has 0 radical (unpaired) electrons. The minimum Gasteiger partial charge on any atom is -0.481 e. The number of hydroxylamine groups is 2. The van der Waals surface area contributed by atoms with E-state index in [4.69, 9.17) is 9.66 Å². The molecule has 0 spiro atoms. The van der Waals surface area contributed by atoms with Crippen molar-refractivity contribution in [2.45, 2.75) is 31.3 Å². The molecule has 13 heteroatoms. The SMILES string of the molecule is O=C(O)CC(=O)NC(=O)[C@@H]1CC[C@@H]2CN1C(=O)N2OS(=O)(=O)O. The number of rotatable bonds is 5. The second kappa shape index (κ2) is 6.10. The van der Waals surface area contributed by atoms with Crippen LogP contribution in [0.5, 0.6) is 0 Å². The van der Waals surface area contributed by atoms with Crippen molar-refractivity contribution in [3.05, 3.63) is 0 Å². The highest BCUT2D eigenvalue weighted by Crippen LogP contribution is 2.30. The Bertz CT molecular complexity index is 660. The molecule has 2 aliphatic rings. The van der Waals surface area contributed by atoms with Crippen LogP contribution in [0.3, 0.4) is 0 Å². The summed E-state index contributed by atoms with van der Waals surface area (Å²) in [6.45, 7) is -0.0282. The van der Waals surface area contributed by atoms with E-state index in [2.05, 4.69) is 4.28 Å². The Kier molecular flexibility index (Phi) is 4.53. The highest BCUT2D eigenvalue weighted by Gasteiger charge is 2.49. The van der Waals surface area contributed by atoms with Crippen LogP contribution in [0, 0.1) is 0 Å². The van der Waals surface area contributed by atoms with Crippen molar-refractivity contribution < 1.29 is 41.5 Å². The predicted octanol–water partition coefficient (Wildman–Crippen LogP) is -1.89. The van der Waals surface area contributed by atoms with Gasteiger partial charge in [-0.3, -0.25) is 24.3 Å². The number of carbonyl (C=O) groups is 4. The lowest BCUT2D eigenvalue weighted by atomic mass is 10.0. The number of hydrogen-bond donors (Lipinski definition) is 3. The first-order valence-electron chi connectivity index (χ1n) is 6.41. The molecule has 23 heavy (non-hydrogen) atoms. The van der Waals surface area contributed by atoms with Gasteiger partial charge in [-0.2, -0.15) is 13.5 Å². The third kappa shape index (κ3) is 3.94.